The van der Waals surface area contributed by atoms with Gasteiger partial charge in [0, 0.05) is 36.7 Å². The number of rotatable bonds is 4. The van der Waals surface area contributed by atoms with Gasteiger partial charge in [0.15, 0.2) is 0 Å². The van der Waals surface area contributed by atoms with Crippen LogP contribution in [0.5, 0.6) is 0 Å². The molecule has 0 saturated carbocycles. The van der Waals surface area contributed by atoms with Crippen LogP contribution < -0.4 is 5.56 Å². The molecule has 8 nitrogen and oxygen atoms in total. The number of non-ortho nitro benzene ring substituents is 1. The molecule has 1 fully saturated rings. The highest BCUT2D eigenvalue weighted by Crippen LogP contribution is 2.38. The number of thioether (sulfide) groups is 1. The summed E-state index contributed by atoms with van der Waals surface area (Å²) in [4.78, 5) is 36.2. The SMILES string of the molecule is O=C(Cn1ncccc1=O)N1CCSC1c1ccc([N+](=O)[O-])cc1. The van der Waals surface area contributed by atoms with Gasteiger partial charge in [0.1, 0.15) is 11.9 Å². The standard InChI is InChI=1S/C15H14N4O4S/c20-13-2-1-7-16-18(13)10-14(21)17-8-9-24-15(17)11-3-5-12(6-4-11)19(22)23/h1-7,15H,8-10H2. The number of carbonyl (C=O) groups is 1. The van der Waals surface area contributed by atoms with Gasteiger partial charge < -0.3 is 4.90 Å². The number of aromatic nitrogens is 2. The van der Waals surface area contributed by atoms with E-state index in [9.17, 15) is 19.7 Å². The molecule has 24 heavy (non-hydrogen) atoms. The second-order valence-electron chi connectivity index (χ2n) is 5.18. The third kappa shape index (κ3) is 3.30. The van der Waals surface area contributed by atoms with Crippen molar-refractivity contribution in [1.82, 2.24) is 14.7 Å². The first-order chi connectivity index (χ1) is 11.6. The molecule has 1 aromatic heterocycles. The molecule has 1 saturated heterocycles. The zero-order chi connectivity index (χ0) is 17.1. The van der Waals surface area contributed by atoms with Gasteiger partial charge in [-0.25, -0.2) is 4.68 Å². The predicted octanol–water partition coefficient (Wildman–Crippen LogP) is 1.43. The van der Waals surface area contributed by atoms with Crippen LogP contribution >= 0.6 is 11.8 Å². The fraction of sp³-hybridized carbons (Fsp3) is 0.267. The number of hydrogen-bond acceptors (Lipinski definition) is 6. The van der Waals surface area contributed by atoms with Crippen molar-refractivity contribution in [2.45, 2.75) is 11.9 Å². The lowest BCUT2D eigenvalue weighted by Crippen LogP contribution is -2.36. The van der Waals surface area contributed by atoms with Crippen LogP contribution in [-0.2, 0) is 11.3 Å². The zero-order valence-electron chi connectivity index (χ0n) is 12.6. The fourth-order valence-electron chi connectivity index (χ4n) is 2.49. The number of carbonyl (C=O) groups excluding carboxylic acids is 1. The van der Waals surface area contributed by atoms with E-state index in [-0.39, 0.29) is 29.1 Å². The largest absolute Gasteiger partial charge is 0.324 e. The minimum Gasteiger partial charge on any atom is -0.324 e. The Morgan fingerprint density at radius 2 is 2.08 bits per heavy atom. The normalized spacial score (nSPS) is 17.0. The van der Waals surface area contributed by atoms with E-state index >= 15 is 0 Å². The summed E-state index contributed by atoms with van der Waals surface area (Å²) in [5.41, 5.74) is 0.508. The van der Waals surface area contributed by atoms with E-state index in [1.807, 2.05) is 0 Å². The van der Waals surface area contributed by atoms with Crippen molar-refractivity contribution >= 4 is 23.4 Å². The van der Waals surface area contributed by atoms with E-state index in [1.165, 1.54) is 30.5 Å². The Morgan fingerprint density at radius 3 is 2.75 bits per heavy atom. The Balaban J connectivity index is 1.77. The third-order valence-electron chi connectivity index (χ3n) is 3.67. The zero-order valence-corrected chi connectivity index (χ0v) is 13.4. The molecule has 2 aromatic rings. The van der Waals surface area contributed by atoms with Gasteiger partial charge in [0.2, 0.25) is 5.91 Å². The van der Waals surface area contributed by atoms with Gasteiger partial charge in [0.05, 0.1) is 4.92 Å². The first-order valence-electron chi connectivity index (χ1n) is 7.24. The van der Waals surface area contributed by atoms with Crippen molar-refractivity contribution in [3.63, 3.8) is 0 Å². The van der Waals surface area contributed by atoms with Gasteiger partial charge >= 0.3 is 0 Å². The number of nitrogens with zero attached hydrogens (tertiary/aromatic N) is 4. The van der Waals surface area contributed by atoms with E-state index < -0.39 is 4.92 Å². The van der Waals surface area contributed by atoms with Crippen LogP contribution in [0.15, 0.2) is 47.4 Å². The molecule has 1 aliphatic heterocycles. The topological polar surface area (TPSA) is 98.3 Å². The molecule has 1 amide bonds. The summed E-state index contributed by atoms with van der Waals surface area (Å²) in [6, 6.07) is 9.06. The molecule has 3 rings (SSSR count). The molecule has 1 aromatic carbocycles. The van der Waals surface area contributed by atoms with E-state index in [2.05, 4.69) is 5.10 Å². The monoisotopic (exact) mass is 346 g/mol. The third-order valence-corrected chi connectivity index (χ3v) is 4.93. The molecule has 1 aliphatic rings. The molecule has 0 spiro atoms. The highest BCUT2D eigenvalue weighted by atomic mass is 32.2. The van der Waals surface area contributed by atoms with Gasteiger partial charge in [0.25, 0.3) is 11.2 Å². The molecule has 2 heterocycles. The van der Waals surface area contributed by atoms with E-state index in [0.717, 1.165) is 16.0 Å². The number of hydrogen-bond donors (Lipinski definition) is 0. The average Bonchev–Trinajstić information content (AvgIpc) is 3.07. The lowest BCUT2D eigenvalue weighted by atomic mass is 10.2. The molecule has 1 unspecified atom stereocenters. The highest BCUT2D eigenvalue weighted by Gasteiger charge is 2.31. The van der Waals surface area contributed by atoms with Gasteiger partial charge in [-0.2, -0.15) is 5.10 Å². The second-order valence-corrected chi connectivity index (χ2v) is 6.37. The molecule has 1 atom stereocenters. The summed E-state index contributed by atoms with van der Waals surface area (Å²) in [6.07, 6.45) is 1.46. The number of benzene rings is 1. The summed E-state index contributed by atoms with van der Waals surface area (Å²) in [5.74, 6) is 0.564. The van der Waals surface area contributed by atoms with Crippen molar-refractivity contribution in [3.8, 4) is 0 Å². The van der Waals surface area contributed by atoms with E-state index in [1.54, 1.807) is 28.8 Å². The highest BCUT2D eigenvalue weighted by molar-refractivity contribution is 7.99. The van der Waals surface area contributed by atoms with E-state index in [0.29, 0.717) is 6.54 Å². The first-order valence-corrected chi connectivity index (χ1v) is 8.29. The molecule has 0 radical (unpaired) electrons. The maximum atomic E-state index is 12.5. The Labute approximate surface area is 141 Å². The predicted molar refractivity (Wildman–Crippen MR) is 88.5 cm³/mol. The van der Waals surface area contributed by atoms with Crippen LogP contribution in [0.25, 0.3) is 0 Å². The van der Waals surface area contributed by atoms with Crippen LogP contribution in [0.4, 0.5) is 5.69 Å². The second kappa shape index (κ2) is 6.83. The smallest absolute Gasteiger partial charge is 0.269 e. The lowest BCUT2D eigenvalue weighted by Gasteiger charge is -2.24. The summed E-state index contributed by atoms with van der Waals surface area (Å²) in [5, 5.41) is 14.4. The Kier molecular flexibility index (Phi) is 4.61. The van der Waals surface area contributed by atoms with Crippen molar-refractivity contribution in [2.75, 3.05) is 12.3 Å². The van der Waals surface area contributed by atoms with Crippen LogP contribution in [0.2, 0.25) is 0 Å². The Hall–Kier alpha value is -2.68. The summed E-state index contributed by atoms with van der Waals surface area (Å²) >= 11 is 1.59. The number of nitro groups is 1. The van der Waals surface area contributed by atoms with E-state index in [4.69, 9.17) is 0 Å². The van der Waals surface area contributed by atoms with Gasteiger partial charge in [-0.3, -0.25) is 19.7 Å². The molecule has 124 valence electrons. The van der Waals surface area contributed by atoms with Gasteiger partial charge in [-0.05, 0) is 23.8 Å². The maximum absolute atomic E-state index is 12.5. The average molecular weight is 346 g/mol. The molecule has 0 bridgehead atoms. The Bertz CT molecular complexity index is 821. The van der Waals surface area contributed by atoms with Crippen LogP contribution in [-0.4, -0.2) is 37.8 Å². The number of nitro benzene ring substituents is 1. The molecular weight excluding hydrogens is 332 g/mol. The van der Waals surface area contributed by atoms with Crippen molar-refractivity contribution in [3.05, 3.63) is 68.6 Å². The maximum Gasteiger partial charge on any atom is 0.269 e. The molecular formula is C15H14N4O4S. The summed E-state index contributed by atoms with van der Waals surface area (Å²) < 4.78 is 1.12. The quantitative estimate of drug-likeness (QED) is 0.613. The van der Waals surface area contributed by atoms with Crippen LogP contribution in [0, 0.1) is 10.1 Å². The molecule has 0 N–H and O–H groups in total. The van der Waals surface area contributed by atoms with Crippen LogP contribution in [0.1, 0.15) is 10.9 Å². The minimum atomic E-state index is -0.456. The van der Waals surface area contributed by atoms with Gasteiger partial charge in [-0.1, -0.05) is 0 Å². The lowest BCUT2D eigenvalue weighted by molar-refractivity contribution is -0.384. The summed E-state index contributed by atoms with van der Waals surface area (Å²) in [6.45, 7) is 0.441. The fourth-order valence-corrected chi connectivity index (χ4v) is 3.77. The molecule has 0 aliphatic carbocycles. The summed E-state index contributed by atoms with van der Waals surface area (Å²) in [7, 11) is 0. The minimum absolute atomic E-state index is 0.0136. The van der Waals surface area contributed by atoms with Crippen molar-refractivity contribution < 1.29 is 9.72 Å². The number of amides is 1. The van der Waals surface area contributed by atoms with Gasteiger partial charge in [-0.15, -0.1) is 11.8 Å². The van der Waals surface area contributed by atoms with Crippen molar-refractivity contribution in [2.24, 2.45) is 0 Å². The Morgan fingerprint density at radius 1 is 1.33 bits per heavy atom. The van der Waals surface area contributed by atoms with Crippen LogP contribution in [0.3, 0.4) is 0 Å². The molecule has 9 heteroatoms. The first kappa shape index (κ1) is 16.2. The van der Waals surface area contributed by atoms with Crippen molar-refractivity contribution in [1.29, 1.82) is 0 Å².